The molecule has 0 atom stereocenters. The summed E-state index contributed by atoms with van der Waals surface area (Å²) in [4.78, 5) is 0. The third-order valence-corrected chi connectivity index (χ3v) is 16.3. The van der Waals surface area contributed by atoms with E-state index in [0.717, 1.165) is 0 Å². The molecule has 0 amide bonds. The maximum absolute atomic E-state index is 16.7. The molecular formula is C32H26F4N2Ti. The summed E-state index contributed by atoms with van der Waals surface area (Å²) in [6.45, 7) is 0.353. The molecule has 0 bridgehead atoms. The predicted octanol–water partition coefficient (Wildman–Crippen LogP) is 6.88. The van der Waals surface area contributed by atoms with Gasteiger partial charge in [0.1, 0.15) is 0 Å². The van der Waals surface area contributed by atoms with Gasteiger partial charge in [0.25, 0.3) is 0 Å². The predicted molar refractivity (Wildman–Crippen MR) is 143 cm³/mol. The molecule has 6 rings (SSSR count). The number of allylic oxidation sites excluding steroid dienone is 8. The average molecular weight is 562 g/mol. The van der Waals surface area contributed by atoms with Crippen LogP contribution in [0.3, 0.4) is 0 Å². The van der Waals surface area contributed by atoms with Crippen molar-refractivity contribution in [3.63, 3.8) is 0 Å². The Morgan fingerprint density at radius 3 is 1.26 bits per heavy atom. The van der Waals surface area contributed by atoms with Crippen LogP contribution in [0.25, 0.3) is 0 Å². The summed E-state index contributed by atoms with van der Waals surface area (Å²) in [5.41, 5.74) is 0.553. The van der Waals surface area contributed by atoms with Crippen LogP contribution in [-0.4, -0.2) is 9.13 Å². The van der Waals surface area contributed by atoms with Crippen LogP contribution in [0.4, 0.5) is 17.6 Å². The van der Waals surface area contributed by atoms with Gasteiger partial charge in [0, 0.05) is 0 Å². The first-order chi connectivity index (χ1) is 19.0. The molecule has 39 heavy (non-hydrogen) atoms. The van der Waals surface area contributed by atoms with Gasteiger partial charge >= 0.3 is 229 Å². The van der Waals surface area contributed by atoms with Gasteiger partial charge in [0.05, 0.1) is 0 Å². The molecule has 196 valence electrons. The van der Waals surface area contributed by atoms with Crippen LogP contribution >= 0.6 is 0 Å². The maximum atomic E-state index is 16.7. The van der Waals surface area contributed by atoms with E-state index in [1.165, 1.54) is 24.3 Å². The molecular weight excluding hydrogens is 536 g/mol. The number of hydrogen-bond acceptors (Lipinski definition) is 0. The summed E-state index contributed by atoms with van der Waals surface area (Å²) in [5.74, 6) is -2.97. The van der Waals surface area contributed by atoms with Crippen molar-refractivity contribution in [3.05, 3.63) is 156 Å². The van der Waals surface area contributed by atoms with E-state index >= 15 is 17.6 Å². The molecule has 0 saturated heterocycles. The number of hydrogen-bond donors (Lipinski definition) is 0. The first-order valence-corrected chi connectivity index (χ1v) is 16.2. The molecule has 2 aliphatic carbocycles. The fourth-order valence-electron chi connectivity index (χ4n) is 6.02. The molecule has 2 aromatic heterocycles. The van der Waals surface area contributed by atoms with Gasteiger partial charge in [0.2, 0.25) is 0 Å². The Morgan fingerprint density at radius 2 is 0.897 bits per heavy atom. The van der Waals surface area contributed by atoms with Crippen LogP contribution in [0.15, 0.2) is 122 Å². The minimum absolute atomic E-state index is 0.155. The van der Waals surface area contributed by atoms with Gasteiger partial charge in [-0.05, 0) is 0 Å². The van der Waals surface area contributed by atoms with Crippen molar-refractivity contribution < 1.29 is 34.2 Å². The van der Waals surface area contributed by atoms with Crippen molar-refractivity contribution in [2.75, 3.05) is 0 Å². The van der Waals surface area contributed by atoms with Crippen molar-refractivity contribution in [2.24, 2.45) is 0 Å². The molecule has 2 aromatic carbocycles. The Kier molecular flexibility index (Phi) is 6.92. The van der Waals surface area contributed by atoms with E-state index < -0.39 is 48.3 Å². The quantitative estimate of drug-likeness (QED) is 0.164. The van der Waals surface area contributed by atoms with Gasteiger partial charge in [-0.1, -0.05) is 0 Å². The first kappa shape index (κ1) is 25.7. The topological polar surface area (TPSA) is 9.86 Å². The van der Waals surface area contributed by atoms with E-state index in [0.29, 0.717) is 0 Å². The summed E-state index contributed by atoms with van der Waals surface area (Å²) >= 11 is -4.77. The van der Waals surface area contributed by atoms with Crippen LogP contribution in [0.2, 0.25) is 8.45 Å². The van der Waals surface area contributed by atoms with Crippen molar-refractivity contribution >= 4 is 7.74 Å². The fraction of sp³-hybridized carbons (Fsp3) is 0.125. The monoisotopic (exact) mass is 562 g/mol. The molecule has 0 saturated carbocycles. The minimum atomic E-state index is -4.77. The third kappa shape index (κ3) is 4.42. The summed E-state index contributed by atoms with van der Waals surface area (Å²) in [5, 5.41) is 0. The Balaban J connectivity index is 1.66. The number of rotatable bonds is 8. The van der Waals surface area contributed by atoms with E-state index in [9.17, 15) is 0 Å². The average Bonchev–Trinajstić information content (AvgIpc) is 3.76. The number of halogens is 4. The number of nitrogens with zero attached hydrogens (tertiary/aromatic N) is 2. The third-order valence-electron chi connectivity index (χ3n) is 7.76. The summed E-state index contributed by atoms with van der Waals surface area (Å²) in [6, 6.07) is 12.7. The van der Waals surface area contributed by atoms with Gasteiger partial charge in [-0.3, -0.25) is 0 Å². The van der Waals surface area contributed by atoms with Gasteiger partial charge in [-0.2, -0.15) is 0 Å². The second kappa shape index (κ2) is 10.5. The zero-order chi connectivity index (χ0) is 27.0. The van der Waals surface area contributed by atoms with E-state index in [1.807, 2.05) is 48.6 Å². The Bertz CT molecular complexity index is 1470. The molecule has 0 fully saturated rings. The Hall–Kier alpha value is -3.61. The molecule has 0 radical (unpaired) electrons. The Morgan fingerprint density at radius 1 is 0.538 bits per heavy atom. The standard InChI is InChI=1S/2C11H8F2N.2C5H5.Ti/c2*12-10-4-3-9(11(13)7-10)8-14-5-1-2-6-14;2*1-2-4-5-3-1;/h2*1-6H,8H2;2*1-5H;. The molecule has 2 aliphatic rings. The zero-order valence-corrected chi connectivity index (χ0v) is 22.6. The normalized spacial score (nSPS) is 15.3. The van der Waals surface area contributed by atoms with Crippen LogP contribution in [0.1, 0.15) is 11.1 Å². The summed E-state index contributed by atoms with van der Waals surface area (Å²) in [7, 11) is 0. The fourth-order valence-corrected chi connectivity index (χ4v) is 14.9. The molecule has 0 N–H and O–H groups in total. The van der Waals surface area contributed by atoms with Crippen molar-refractivity contribution in [3.8, 4) is 0 Å². The Labute approximate surface area is 228 Å². The molecule has 4 aromatic rings. The second-order valence-corrected chi connectivity index (χ2v) is 16.3. The van der Waals surface area contributed by atoms with E-state index in [1.54, 1.807) is 58.2 Å². The van der Waals surface area contributed by atoms with Crippen molar-refractivity contribution in [1.82, 2.24) is 9.13 Å². The van der Waals surface area contributed by atoms with Gasteiger partial charge in [-0.15, -0.1) is 0 Å². The molecule has 0 aliphatic heterocycles. The van der Waals surface area contributed by atoms with E-state index in [4.69, 9.17) is 0 Å². The number of benzene rings is 2. The molecule has 2 heterocycles. The van der Waals surface area contributed by atoms with Gasteiger partial charge < -0.3 is 0 Å². The molecule has 0 spiro atoms. The first-order valence-electron chi connectivity index (χ1n) is 12.9. The van der Waals surface area contributed by atoms with Gasteiger partial charge in [-0.25, -0.2) is 0 Å². The van der Waals surface area contributed by atoms with Crippen LogP contribution < -0.4 is 7.74 Å². The molecule has 2 nitrogen and oxygen atoms in total. The zero-order valence-electron chi connectivity index (χ0n) is 21.0. The summed E-state index contributed by atoms with van der Waals surface area (Å²) < 4.78 is 67.9. The SMILES string of the molecule is Fc1ccc(Cn2cccc2)c(F)[c]1[Ti]([c]1c(F)ccc(Cn2cccc2)c1F)([CH]1C=CC=C1)[CH]1C=CC=C1. The molecule has 0 unspecified atom stereocenters. The second-order valence-electron chi connectivity index (χ2n) is 9.96. The van der Waals surface area contributed by atoms with Crippen molar-refractivity contribution in [2.45, 2.75) is 21.5 Å². The van der Waals surface area contributed by atoms with E-state index in [2.05, 4.69) is 0 Å². The summed E-state index contributed by atoms with van der Waals surface area (Å²) in [6.07, 6.45) is 21.8. The number of aromatic nitrogens is 2. The van der Waals surface area contributed by atoms with Crippen LogP contribution in [0, 0.1) is 23.3 Å². The van der Waals surface area contributed by atoms with Gasteiger partial charge in [0.15, 0.2) is 0 Å². The van der Waals surface area contributed by atoms with Crippen LogP contribution in [0.5, 0.6) is 0 Å². The van der Waals surface area contributed by atoms with Crippen molar-refractivity contribution in [1.29, 1.82) is 0 Å². The van der Waals surface area contributed by atoms with Crippen LogP contribution in [-0.2, 0) is 29.7 Å². The molecule has 7 heteroatoms. The van der Waals surface area contributed by atoms with E-state index in [-0.39, 0.29) is 32.0 Å².